The number of nitriles is 1. The van der Waals surface area contributed by atoms with E-state index in [4.69, 9.17) is 5.84 Å². The molecule has 3 aromatic heterocycles. The zero-order chi connectivity index (χ0) is 25.3. The largest absolute Gasteiger partial charge is 0.334 e. The smallest absolute Gasteiger partial charge is 0.271 e. The molecular formula is C23H24FN9OS. The summed E-state index contributed by atoms with van der Waals surface area (Å²) < 4.78 is 18.0. The standard InChI is InChI=1S/C23H24FN9OS/c1-13-9-14(2)33(30-13)22-28-29-23(32(22)26)35-12-20(34)27-21-19(10-25)15(3)16(4)31(21)11-17-5-7-18(24)8-6-17/h5-9H,11-12,26H2,1-4H3,(H,27,34). The molecule has 0 unspecified atom stereocenters. The minimum atomic E-state index is -0.333. The topological polar surface area (TPSA) is 132 Å². The van der Waals surface area contributed by atoms with Crippen LogP contribution in [-0.2, 0) is 11.3 Å². The second kappa shape index (κ2) is 9.63. The van der Waals surface area contributed by atoms with Crippen LogP contribution in [0.5, 0.6) is 0 Å². The Kier molecular flexibility index (Phi) is 6.61. The number of carbonyl (C=O) groups excluding carboxylic acids is 1. The van der Waals surface area contributed by atoms with Crippen LogP contribution in [0.4, 0.5) is 10.2 Å². The van der Waals surface area contributed by atoms with Crippen LogP contribution < -0.4 is 11.2 Å². The quantitative estimate of drug-likeness (QED) is 0.299. The Labute approximate surface area is 205 Å². The van der Waals surface area contributed by atoms with Crippen LogP contribution in [0, 0.1) is 44.8 Å². The molecule has 0 aliphatic heterocycles. The van der Waals surface area contributed by atoms with Gasteiger partial charge in [-0.25, -0.2) is 13.7 Å². The lowest BCUT2D eigenvalue weighted by Gasteiger charge is -2.13. The number of hydrogen-bond donors (Lipinski definition) is 2. The van der Waals surface area contributed by atoms with E-state index in [9.17, 15) is 14.4 Å². The van der Waals surface area contributed by atoms with Crippen LogP contribution in [0.1, 0.15) is 33.8 Å². The molecule has 0 spiro atoms. The number of halogens is 1. The number of nitrogen functional groups attached to an aromatic ring is 1. The Bertz CT molecular complexity index is 1440. The van der Waals surface area contributed by atoms with Crippen LogP contribution in [0.15, 0.2) is 35.5 Å². The van der Waals surface area contributed by atoms with Gasteiger partial charge in [-0.1, -0.05) is 23.9 Å². The molecule has 0 saturated carbocycles. The third kappa shape index (κ3) is 4.76. The maximum Gasteiger partial charge on any atom is 0.271 e. The Hall–Kier alpha value is -4.11. The minimum absolute atomic E-state index is 0.00283. The molecule has 4 aromatic rings. The van der Waals surface area contributed by atoms with E-state index in [1.807, 2.05) is 38.3 Å². The summed E-state index contributed by atoms with van der Waals surface area (Å²) in [5.74, 6) is 6.22. The summed E-state index contributed by atoms with van der Waals surface area (Å²) in [7, 11) is 0. The van der Waals surface area contributed by atoms with Gasteiger partial charge in [0.1, 0.15) is 17.7 Å². The van der Waals surface area contributed by atoms with Crippen LogP contribution in [0.2, 0.25) is 0 Å². The third-order valence-electron chi connectivity index (χ3n) is 5.63. The number of amides is 1. The highest BCUT2D eigenvalue weighted by molar-refractivity contribution is 7.99. The van der Waals surface area contributed by atoms with E-state index in [-0.39, 0.29) is 17.5 Å². The minimum Gasteiger partial charge on any atom is -0.334 e. The summed E-state index contributed by atoms with van der Waals surface area (Å²) in [5, 5.41) is 25.4. The summed E-state index contributed by atoms with van der Waals surface area (Å²) >= 11 is 1.12. The highest BCUT2D eigenvalue weighted by Crippen LogP contribution is 2.28. The molecule has 1 aromatic carbocycles. The third-order valence-corrected chi connectivity index (χ3v) is 6.57. The van der Waals surface area contributed by atoms with Gasteiger partial charge in [-0.3, -0.25) is 4.79 Å². The van der Waals surface area contributed by atoms with Gasteiger partial charge in [-0.05, 0) is 57.0 Å². The maximum atomic E-state index is 13.3. The number of nitrogens with one attached hydrogen (secondary N) is 1. The van der Waals surface area contributed by atoms with E-state index >= 15 is 0 Å². The van der Waals surface area contributed by atoms with E-state index in [1.165, 1.54) is 16.8 Å². The Morgan fingerprint density at radius 3 is 2.54 bits per heavy atom. The van der Waals surface area contributed by atoms with Crippen molar-refractivity contribution in [1.29, 1.82) is 5.26 Å². The first kappa shape index (κ1) is 24.0. The number of rotatable bonds is 7. The van der Waals surface area contributed by atoms with Crippen molar-refractivity contribution in [1.82, 2.24) is 29.2 Å². The van der Waals surface area contributed by atoms with Gasteiger partial charge < -0.3 is 15.7 Å². The first-order chi connectivity index (χ1) is 16.7. The van der Waals surface area contributed by atoms with Crippen molar-refractivity contribution in [3.63, 3.8) is 0 Å². The van der Waals surface area contributed by atoms with E-state index < -0.39 is 0 Å². The SMILES string of the molecule is Cc1cc(C)n(-c2nnc(SCC(=O)Nc3c(C#N)c(C)c(C)n3Cc3ccc(F)cc3)n2N)n1. The summed E-state index contributed by atoms with van der Waals surface area (Å²) in [6, 6.07) is 10.2. The highest BCUT2D eigenvalue weighted by atomic mass is 32.2. The first-order valence-electron chi connectivity index (χ1n) is 10.7. The Balaban J connectivity index is 1.51. The predicted octanol–water partition coefficient (Wildman–Crippen LogP) is 3.00. The number of anilines is 1. The van der Waals surface area contributed by atoms with E-state index in [0.717, 1.165) is 40.0 Å². The first-order valence-corrected chi connectivity index (χ1v) is 11.7. The Morgan fingerprint density at radius 2 is 1.91 bits per heavy atom. The average Bonchev–Trinajstić information content (AvgIpc) is 3.42. The highest BCUT2D eigenvalue weighted by Gasteiger charge is 2.21. The van der Waals surface area contributed by atoms with Gasteiger partial charge in [0.25, 0.3) is 5.95 Å². The molecule has 0 bridgehead atoms. The number of aromatic nitrogens is 6. The lowest BCUT2D eigenvalue weighted by Crippen LogP contribution is -2.20. The van der Waals surface area contributed by atoms with Crippen molar-refractivity contribution in [2.24, 2.45) is 0 Å². The molecule has 3 heterocycles. The van der Waals surface area contributed by atoms with Gasteiger partial charge in [0.05, 0.1) is 17.0 Å². The van der Waals surface area contributed by atoms with Gasteiger partial charge in [-0.2, -0.15) is 10.4 Å². The summed E-state index contributed by atoms with van der Waals surface area (Å²) in [4.78, 5) is 12.8. The van der Waals surface area contributed by atoms with Gasteiger partial charge in [0, 0.05) is 17.9 Å². The molecule has 10 nitrogen and oxygen atoms in total. The fourth-order valence-electron chi connectivity index (χ4n) is 3.74. The van der Waals surface area contributed by atoms with E-state index in [0.29, 0.717) is 29.0 Å². The van der Waals surface area contributed by atoms with E-state index in [1.54, 1.807) is 16.8 Å². The molecule has 35 heavy (non-hydrogen) atoms. The normalized spacial score (nSPS) is 11.0. The molecule has 0 saturated heterocycles. The summed E-state index contributed by atoms with van der Waals surface area (Å²) in [5.41, 5.74) is 4.51. The fourth-order valence-corrected chi connectivity index (χ4v) is 4.39. The molecular weight excluding hydrogens is 469 g/mol. The molecule has 0 aliphatic rings. The zero-order valence-corrected chi connectivity index (χ0v) is 20.5. The average molecular weight is 494 g/mol. The number of nitrogens with two attached hydrogens (primary N) is 1. The lowest BCUT2D eigenvalue weighted by molar-refractivity contribution is -0.113. The van der Waals surface area contributed by atoms with Crippen molar-refractivity contribution in [2.45, 2.75) is 39.4 Å². The number of benzene rings is 1. The van der Waals surface area contributed by atoms with Crippen LogP contribution >= 0.6 is 11.8 Å². The monoisotopic (exact) mass is 493 g/mol. The summed E-state index contributed by atoms with van der Waals surface area (Å²) in [6.45, 7) is 7.83. The molecule has 12 heteroatoms. The second-order valence-electron chi connectivity index (χ2n) is 8.09. The van der Waals surface area contributed by atoms with Crippen LogP contribution in [-0.4, -0.2) is 40.9 Å². The molecule has 0 aliphatic carbocycles. The predicted molar refractivity (Wildman–Crippen MR) is 130 cm³/mol. The number of hydrogen-bond acceptors (Lipinski definition) is 7. The second-order valence-corrected chi connectivity index (χ2v) is 9.03. The van der Waals surface area contributed by atoms with Gasteiger partial charge in [-0.15, -0.1) is 10.2 Å². The number of nitrogens with zero attached hydrogens (tertiary/aromatic N) is 7. The molecule has 1 amide bonds. The van der Waals surface area contributed by atoms with Gasteiger partial charge in [0.15, 0.2) is 0 Å². The number of carbonyl (C=O) groups is 1. The zero-order valence-electron chi connectivity index (χ0n) is 19.7. The van der Waals surface area contributed by atoms with Crippen molar-refractivity contribution in [2.75, 3.05) is 16.9 Å². The van der Waals surface area contributed by atoms with Crippen LogP contribution in [0.3, 0.4) is 0 Å². The summed E-state index contributed by atoms with van der Waals surface area (Å²) in [6.07, 6.45) is 0. The van der Waals surface area contributed by atoms with Crippen molar-refractivity contribution in [3.8, 4) is 12.0 Å². The van der Waals surface area contributed by atoms with Crippen molar-refractivity contribution in [3.05, 3.63) is 69.9 Å². The molecule has 3 N–H and O–H groups in total. The molecule has 0 fully saturated rings. The lowest BCUT2D eigenvalue weighted by atomic mass is 10.2. The Morgan fingerprint density at radius 1 is 1.20 bits per heavy atom. The number of thioether (sulfide) groups is 1. The van der Waals surface area contributed by atoms with Crippen molar-refractivity contribution < 1.29 is 9.18 Å². The number of aryl methyl sites for hydroxylation is 2. The van der Waals surface area contributed by atoms with Crippen molar-refractivity contribution >= 4 is 23.5 Å². The van der Waals surface area contributed by atoms with E-state index in [2.05, 4.69) is 26.7 Å². The maximum absolute atomic E-state index is 13.3. The van der Waals surface area contributed by atoms with Gasteiger partial charge in [0.2, 0.25) is 11.1 Å². The van der Waals surface area contributed by atoms with Crippen LogP contribution in [0.25, 0.3) is 5.95 Å². The molecule has 0 atom stereocenters. The molecule has 4 rings (SSSR count). The molecule has 180 valence electrons. The molecule has 0 radical (unpaired) electrons. The fraction of sp³-hybridized carbons (Fsp3) is 0.261. The van der Waals surface area contributed by atoms with Gasteiger partial charge >= 0.3 is 0 Å².